The highest BCUT2D eigenvalue weighted by atomic mass is 32.2. The highest BCUT2D eigenvalue weighted by Gasteiger charge is 2.26. The van der Waals surface area contributed by atoms with Gasteiger partial charge in [-0.25, -0.2) is 0 Å². The van der Waals surface area contributed by atoms with E-state index in [-0.39, 0.29) is 24.4 Å². The molecule has 1 aliphatic heterocycles. The minimum Gasteiger partial charge on any atom is -0.352 e. The van der Waals surface area contributed by atoms with E-state index in [1.165, 1.54) is 11.8 Å². The molecule has 0 aromatic heterocycles. The number of fused-ring (bicyclic) bond motifs is 1. The van der Waals surface area contributed by atoms with Gasteiger partial charge in [-0.15, -0.1) is 11.8 Å². The fourth-order valence-corrected chi connectivity index (χ4v) is 3.96. The van der Waals surface area contributed by atoms with Gasteiger partial charge in [-0.05, 0) is 51.5 Å². The molecule has 0 aliphatic carbocycles. The van der Waals surface area contributed by atoms with Crippen LogP contribution in [0.2, 0.25) is 0 Å². The fourth-order valence-electron chi connectivity index (χ4n) is 3.02. The zero-order valence-electron chi connectivity index (χ0n) is 15.5. The van der Waals surface area contributed by atoms with Gasteiger partial charge in [0, 0.05) is 10.9 Å². The second-order valence-corrected chi connectivity index (χ2v) is 7.39. The molecule has 0 saturated carbocycles. The number of carbonyl (C=O) groups excluding carboxylic acids is 2. The summed E-state index contributed by atoms with van der Waals surface area (Å²) in [5.41, 5.74) is 0.841. The lowest BCUT2D eigenvalue weighted by molar-refractivity contribution is -0.123. The number of hydrogen-bond acceptors (Lipinski definition) is 4. The minimum atomic E-state index is -0.0922. The average molecular weight is 364 g/mol. The number of benzene rings is 1. The smallest absolute Gasteiger partial charge is 0.240 e. The second kappa shape index (κ2) is 9.82. The maximum Gasteiger partial charge on any atom is 0.240 e. The molecule has 0 spiro atoms. The van der Waals surface area contributed by atoms with Crippen molar-refractivity contribution in [3.8, 4) is 0 Å². The molecule has 1 aliphatic rings. The monoisotopic (exact) mass is 363 g/mol. The van der Waals surface area contributed by atoms with Crippen molar-refractivity contribution in [2.75, 3.05) is 36.8 Å². The third kappa shape index (κ3) is 5.75. The number of para-hydroxylation sites is 1. The fraction of sp³-hybridized carbons (Fsp3) is 0.579. The molecule has 2 rings (SSSR count). The van der Waals surface area contributed by atoms with Crippen molar-refractivity contribution in [3.05, 3.63) is 24.3 Å². The van der Waals surface area contributed by atoms with Crippen LogP contribution in [0.5, 0.6) is 0 Å². The summed E-state index contributed by atoms with van der Waals surface area (Å²) in [7, 11) is 0. The normalized spacial score (nSPS) is 15.2. The summed E-state index contributed by atoms with van der Waals surface area (Å²) in [5, 5.41) is 3.03. The Hall–Kier alpha value is -1.53. The highest BCUT2D eigenvalue weighted by molar-refractivity contribution is 8.00. The Morgan fingerprint density at radius 2 is 2.04 bits per heavy atom. The molecule has 1 N–H and O–H groups in total. The third-order valence-electron chi connectivity index (χ3n) is 4.52. The molecule has 0 saturated heterocycles. The van der Waals surface area contributed by atoms with Gasteiger partial charge < -0.3 is 15.1 Å². The Morgan fingerprint density at radius 3 is 2.76 bits per heavy atom. The number of hydrogen-bond donors (Lipinski definition) is 1. The minimum absolute atomic E-state index is 0.00645. The van der Waals surface area contributed by atoms with Crippen molar-refractivity contribution in [1.29, 1.82) is 0 Å². The number of carbonyl (C=O) groups is 2. The van der Waals surface area contributed by atoms with Gasteiger partial charge in [-0.2, -0.15) is 0 Å². The van der Waals surface area contributed by atoms with Gasteiger partial charge in [0.25, 0.3) is 0 Å². The lowest BCUT2D eigenvalue weighted by Gasteiger charge is -2.29. The zero-order chi connectivity index (χ0) is 18.2. The Labute approximate surface area is 155 Å². The van der Waals surface area contributed by atoms with Crippen LogP contribution in [-0.2, 0) is 9.59 Å². The van der Waals surface area contributed by atoms with Gasteiger partial charge in [0.05, 0.1) is 11.4 Å². The van der Waals surface area contributed by atoms with E-state index in [1.54, 1.807) is 4.90 Å². The predicted octanol–water partition coefficient (Wildman–Crippen LogP) is 2.75. The van der Waals surface area contributed by atoms with Crippen LogP contribution in [0.15, 0.2) is 29.2 Å². The first-order chi connectivity index (χ1) is 12.0. The average Bonchev–Trinajstić information content (AvgIpc) is 2.61. The summed E-state index contributed by atoms with van der Waals surface area (Å²) in [6.07, 6.45) is 2.01. The molecule has 1 aromatic carbocycles. The zero-order valence-corrected chi connectivity index (χ0v) is 16.3. The summed E-state index contributed by atoms with van der Waals surface area (Å²) < 4.78 is 0. The molecule has 6 heteroatoms. The molecule has 0 bridgehead atoms. The molecule has 0 radical (unpaired) electrons. The van der Waals surface area contributed by atoms with E-state index in [0.717, 1.165) is 43.1 Å². The van der Waals surface area contributed by atoms with Crippen molar-refractivity contribution in [2.24, 2.45) is 0 Å². The van der Waals surface area contributed by atoms with Gasteiger partial charge in [0.15, 0.2) is 0 Å². The third-order valence-corrected chi connectivity index (χ3v) is 5.57. The number of amides is 2. The van der Waals surface area contributed by atoms with Crippen LogP contribution in [0, 0.1) is 0 Å². The molecule has 0 fully saturated rings. The van der Waals surface area contributed by atoms with Crippen LogP contribution in [-0.4, -0.2) is 54.7 Å². The van der Waals surface area contributed by atoms with Crippen molar-refractivity contribution in [2.45, 2.75) is 44.6 Å². The maximum atomic E-state index is 12.4. The molecule has 138 valence electrons. The van der Waals surface area contributed by atoms with E-state index in [1.807, 2.05) is 31.2 Å². The Kier molecular flexibility index (Phi) is 7.78. The summed E-state index contributed by atoms with van der Waals surface area (Å²) in [4.78, 5) is 29.6. The summed E-state index contributed by atoms with van der Waals surface area (Å²) in [6.45, 7) is 9.64. The highest BCUT2D eigenvalue weighted by Crippen LogP contribution is 2.34. The van der Waals surface area contributed by atoms with Crippen LogP contribution >= 0.6 is 11.8 Å². The molecule has 0 unspecified atom stereocenters. The lowest BCUT2D eigenvalue weighted by Crippen LogP contribution is -2.45. The van der Waals surface area contributed by atoms with Crippen molar-refractivity contribution in [1.82, 2.24) is 10.2 Å². The summed E-state index contributed by atoms with van der Waals surface area (Å²) in [5.74, 6) is 0.294. The molecule has 25 heavy (non-hydrogen) atoms. The number of nitrogens with one attached hydrogen (secondary N) is 1. The number of thioether (sulfide) groups is 1. The summed E-state index contributed by atoms with van der Waals surface area (Å²) in [6, 6.07) is 7.87. The maximum absolute atomic E-state index is 12.4. The van der Waals surface area contributed by atoms with E-state index in [9.17, 15) is 9.59 Å². The van der Waals surface area contributed by atoms with Crippen molar-refractivity contribution < 1.29 is 9.59 Å². The molecule has 2 amide bonds. The van der Waals surface area contributed by atoms with E-state index in [4.69, 9.17) is 0 Å². The van der Waals surface area contributed by atoms with Crippen molar-refractivity contribution >= 4 is 29.3 Å². The summed E-state index contributed by atoms with van der Waals surface area (Å²) >= 11 is 1.53. The Morgan fingerprint density at radius 1 is 1.32 bits per heavy atom. The second-order valence-electron chi connectivity index (χ2n) is 6.37. The van der Waals surface area contributed by atoms with E-state index < -0.39 is 0 Å². The standard InChI is InChI=1S/C19H29N3O2S/c1-4-21(5-2)12-8-9-15(3)20-18(23)13-22-16-10-6-7-11-17(16)25-14-19(22)24/h6-7,10-11,15H,4-5,8-9,12-14H2,1-3H3,(H,20,23)/t15-/m0/s1. The largest absolute Gasteiger partial charge is 0.352 e. The first kappa shape index (κ1) is 19.8. The number of anilines is 1. The Balaban J connectivity index is 1.82. The van der Waals surface area contributed by atoms with Gasteiger partial charge in [0.1, 0.15) is 6.54 Å². The predicted molar refractivity (Wildman–Crippen MR) is 104 cm³/mol. The molecule has 1 atom stereocenters. The van der Waals surface area contributed by atoms with Crippen LogP contribution in [0.25, 0.3) is 0 Å². The van der Waals surface area contributed by atoms with E-state index in [0.29, 0.717) is 5.75 Å². The SMILES string of the molecule is CCN(CC)CCC[C@H](C)NC(=O)CN1C(=O)CSc2ccccc21. The van der Waals surface area contributed by atoms with E-state index >= 15 is 0 Å². The molecule has 5 nitrogen and oxygen atoms in total. The first-order valence-corrected chi connectivity index (χ1v) is 10.1. The Bertz CT molecular complexity index is 590. The number of nitrogens with zero attached hydrogens (tertiary/aromatic N) is 2. The topological polar surface area (TPSA) is 52.7 Å². The lowest BCUT2D eigenvalue weighted by atomic mass is 10.1. The van der Waals surface area contributed by atoms with Crippen LogP contribution < -0.4 is 10.2 Å². The molecule has 1 heterocycles. The molecular formula is C19H29N3O2S. The number of rotatable bonds is 9. The van der Waals surface area contributed by atoms with Gasteiger partial charge in [0.2, 0.25) is 11.8 Å². The van der Waals surface area contributed by atoms with Crippen LogP contribution in [0.1, 0.15) is 33.6 Å². The van der Waals surface area contributed by atoms with Gasteiger partial charge >= 0.3 is 0 Å². The molecule has 1 aromatic rings. The quantitative estimate of drug-likeness (QED) is 0.733. The van der Waals surface area contributed by atoms with Gasteiger partial charge in [-0.3, -0.25) is 9.59 Å². The molecular weight excluding hydrogens is 334 g/mol. The first-order valence-electron chi connectivity index (χ1n) is 9.09. The van der Waals surface area contributed by atoms with Crippen molar-refractivity contribution in [3.63, 3.8) is 0 Å². The van der Waals surface area contributed by atoms with Crippen LogP contribution in [0.4, 0.5) is 5.69 Å². The van der Waals surface area contributed by atoms with Crippen LogP contribution in [0.3, 0.4) is 0 Å². The van der Waals surface area contributed by atoms with E-state index in [2.05, 4.69) is 24.1 Å². The van der Waals surface area contributed by atoms with Gasteiger partial charge in [-0.1, -0.05) is 26.0 Å².